The Labute approximate surface area is 153 Å². The Morgan fingerprint density at radius 3 is 2.58 bits per heavy atom. The number of hydrogen-bond donors (Lipinski definition) is 0. The minimum Gasteiger partial charge on any atom is -0.297 e. The largest absolute Gasteiger partial charge is 0.297 e. The van der Waals surface area contributed by atoms with Crippen molar-refractivity contribution in [3.05, 3.63) is 69.3 Å². The zero-order valence-corrected chi connectivity index (χ0v) is 16.5. The van der Waals surface area contributed by atoms with Crippen LogP contribution in [0, 0.1) is 6.92 Å². The molecular formula is C22H24BrN. The van der Waals surface area contributed by atoms with Crippen molar-refractivity contribution >= 4 is 27.4 Å². The van der Waals surface area contributed by atoms with E-state index in [1.807, 2.05) is 0 Å². The van der Waals surface area contributed by atoms with Crippen LogP contribution in [0.5, 0.6) is 0 Å². The fourth-order valence-corrected chi connectivity index (χ4v) is 5.07. The van der Waals surface area contributed by atoms with Crippen LogP contribution in [0.25, 0.3) is 5.57 Å². The Morgan fingerprint density at radius 2 is 1.88 bits per heavy atom. The maximum absolute atomic E-state index is 3.84. The fraction of sp³-hybridized carbons (Fsp3) is 0.364. The highest BCUT2D eigenvalue weighted by Gasteiger charge is 2.40. The third-order valence-corrected chi connectivity index (χ3v) is 6.80. The third-order valence-electron chi connectivity index (χ3n) is 6.01. The Balaban J connectivity index is 1.71. The van der Waals surface area contributed by atoms with Gasteiger partial charge in [-0.3, -0.25) is 3.93 Å². The van der Waals surface area contributed by atoms with Crippen molar-refractivity contribution in [3.63, 3.8) is 0 Å². The van der Waals surface area contributed by atoms with Crippen LogP contribution < -0.4 is 3.93 Å². The molecule has 24 heavy (non-hydrogen) atoms. The molecule has 1 aromatic rings. The lowest BCUT2D eigenvalue weighted by atomic mass is 9.93. The average molecular weight is 382 g/mol. The molecule has 124 valence electrons. The summed E-state index contributed by atoms with van der Waals surface area (Å²) >= 11 is 3.84. The van der Waals surface area contributed by atoms with Crippen LogP contribution in [-0.4, -0.2) is 6.04 Å². The summed E-state index contributed by atoms with van der Waals surface area (Å²) in [4.78, 5) is 0. The molecule has 4 rings (SSSR count). The molecule has 0 fully saturated rings. The van der Waals surface area contributed by atoms with Gasteiger partial charge in [-0.1, -0.05) is 23.8 Å². The van der Waals surface area contributed by atoms with Crippen LogP contribution in [-0.2, 0) is 6.42 Å². The number of nitrogens with zero attached hydrogens (tertiary/aromatic N) is 1. The minimum absolute atomic E-state index is 0.372. The predicted molar refractivity (Wildman–Crippen MR) is 108 cm³/mol. The number of rotatable bonds is 3. The number of aryl methyl sites for hydroxylation is 2. The van der Waals surface area contributed by atoms with Gasteiger partial charge in [0.1, 0.15) is 0 Å². The van der Waals surface area contributed by atoms with Gasteiger partial charge in [0.05, 0.1) is 27.9 Å². The molecule has 0 bridgehead atoms. The summed E-state index contributed by atoms with van der Waals surface area (Å²) in [6, 6.07) is 5.19. The van der Waals surface area contributed by atoms with Gasteiger partial charge in [0.2, 0.25) is 0 Å². The molecule has 1 nitrogen and oxygen atoms in total. The van der Waals surface area contributed by atoms with Crippen molar-refractivity contribution in [2.24, 2.45) is 0 Å². The van der Waals surface area contributed by atoms with Gasteiger partial charge in [-0.05, 0) is 92.5 Å². The van der Waals surface area contributed by atoms with E-state index >= 15 is 0 Å². The highest BCUT2D eigenvalue weighted by molar-refractivity contribution is 9.10. The number of benzene rings is 1. The molecule has 1 unspecified atom stereocenters. The smallest absolute Gasteiger partial charge is 0.0879 e. The fourth-order valence-electron chi connectivity index (χ4n) is 4.27. The van der Waals surface area contributed by atoms with Gasteiger partial charge in [0, 0.05) is 5.56 Å². The Bertz CT molecular complexity index is 851. The van der Waals surface area contributed by atoms with Crippen molar-refractivity contribution in [3.8, 4) is 0 Å². The van der Waals surface area contributed by atoms with Crippen LogP contribution in [0.4, 0.5) is 5.69 Å². The molecule has 1 aromatic carbocycles. The first-order chi connectivity index (χ1) is 11.5. The monoisotopic (exact) mass is 381 g/mol. The molecule has 1 heterocycles. The first-order valence-corrected chi connectivity index (χ1v) is 9.52. The molecule has 0 spiro atoms. The number of hydrogen-bond acceptors (Lipinski definition) is 1. The van der Waals surface area contributed by atoms with Crippen LogP contribution in [0.15, 0.2) is 52.7 Å². The zero-order chi connectivity index (χ0) is 17.0. The first kappa shape index (κ1) is 16.0. The van der Waals surface area contributed by atoms with E-state index in [1.54, 1.807) is 5.57 Å². The second-order valence-corrected chi connectivity index (χ2v) is 8.08. The van der Waals surface area contributed by atoms with E-state index in [0.717, 1.165) is 12.8 Å². The zero-order valence-electron chi connectivity index (χ0n) is 14.9. The molecule has 1 aliphatic heterocycles. The van der Waals surface area contributed by atoms with E-state index in [-0.39, 0.29) is 0 Å². The summed E-state index contributed by atoms with van der Waals surface area (Å²) in [7, 11) is 0. The van der Waals surface area contributed by atoms with Gasteiger partial charge in [-0.15, -0.1) is 0 Å². The molecule has 2 aliphatic carbocycles. The van der Waals surface area contributed by atoms with Crippen molar-refractivity contribution in [1.29, 1.82) is 0 Å². The molecule has 0 amide bonds. The highest BCUT2D eigenvalue weighted by Crippen LogP contribution is 2.52. The molecule has 2 heteroatoms. The topological polar surface area (TPSA) is 3.24 Å². The van der Waals surface area contributed by atoms with E-state index in [0.29, 0.717) is 6.04 Å². The summed E-state index contributed by atoms with van der Waals surface area (Å²) in [6.07, 6.45) is 10.1. The highest BCUT2D eigenvalue weighted by atomic mass is 79.9. The molecule has 0 saturated heterocycles. The average Bonchev–Trinajstić information content (AvgIpc) is 3.22. The maximum Gasteiger partial charge on any atom is 0.0879 e. The molecule has 0 radical (unpaired) electrons. The van der Waals surface area contributed by atoms with Gasteiger partial charge in [0.15, 0.2) is 0 Å². The Morgan fingerprint density at radius 1 is 1.08 bits per heavy atom. The van der Waals surface area contributed by atoms with Gasteiger partial charge in [0.25, 0.3) is 0 Å². The van der Waals surface area contributed by atoms with Crippen molar-refractivity contribution in [2.45, 2.75) is 53.0 Å². The van der Waals surface area contributed by atoms with Crippen LogP contribution in [0.2, 0.25) is 0 Å². The van der Waals surface area contributed by atoms with E-state index in [4.69, 9.17) is 0 Å². The van der Waals surface area contributed by atoms with Crippen LogP contribution in [0.1, 0.15) is 50.3 Å². The lowest BCUT2D eigenvalue weighted by molar-refractivity contribution is 0.911. The molecule has 1 atom stereocenters. The molecular weight excluding hydrogens is 358 g/mol. The summed E-state index contributed by atoms with van der Waals surface area (Å²) in [5.41, 5.74) is 13.1. The van der Waals surface area contributed by atoms with Crippen molar-refractivity contribution < 1.29 is 0 Å². The summed E-state index contributed by atoms with van der Waals surface area (Å²) in [5.74, 6) is 0. The summed E-state index contributed by atoms with van der Waals surface area (Å²) in [6.45, 7) is 9.05. The number of allylic oxidation sites excluding steroid dienone is 6. The van der Waals surface area contributed by atoms with Gasteiger partial charge >= 0.3 is 0 Å². The van der Waals surface area contributed by atoms with Crippen molar-refractivity contribution in [1.82, 2.24) is 0 Å². The van der Waals surface area contributed by atoms with Crippen molar-refractivity contribution in [2.75, 3.05) is 3.93 Å². The quantitative estimate of drug-likeness (QED) is 0.544. The molecule has 0 N–H and O–H groups in total. The van der Waals surface area contributed by atoms with Crippen LogP contribution in [0.3, 0.4) is 0 Å². The number of halogens is 1. The predicted octanol–water partition coefficient (Wildman–Crippen LogP) is 6.44. The van der Waals surface area contributed by atoms with E-state index in [1.165, 1.54) is 51.1 Å². The summed E-state index contributed by atoms with van der Waals surface area (Å²) < 4.78 is 2.28. The van der Waals surface area contributed by atoms with Gasteiger partial charge in [-0.25, -0.2) is 0 Å². The summed E-state index contributed by atoms with van der Waals surface area (Å²) in [5, 5.41) is 0. The van der Waals surface area contributed by atoms with E-state index < -0.39 is 0 Å². The third kappa shape index (κ3) is 2.27. The standard InChI is InChI=1S/C22H24BrN/c1-13-11-20-19(12-18(13)10-9-17-7-5-6-8-17)21-15(3)14(2)16(4)22(21)24(20)23/h5-7,11-12,22H,8-10H2,1-4H3. The Kier molecular flexibility index (Phi) is 3.84. The normalized spacial score (nSPS) is 21.8. The van der Waals surface area contributed by atoms with Gasteiger partial charge in [-0.2, -0.15) is 0 Å². The lowest BCUT2D eigenvalue weighted by Gasteiger charge is -2.20. The SMILES string of the molecule is CC1=C(C)C2C(=C1C)c1cc(CCC3=CC=CC3)c(C)cc1N2Br. The van der Waals surface area contributed by atoms with E-state index in [9.17, 15) is 0 Å². The number of fused-ring (bicyclic) bond motifs is 3. The molecule has 3 aliphatic rings. The second-order valence-electron chi connectivity index (χ2n) is 7.31. The van der Waals surface area contributed by atoms with E-state index in [2.05, 4.69) is 78.1 Å². The van der Waals surface area contributed by atoms with Crippen LogP contribution >= 0.6 is 16.1 Å². The number of anilines is 1. The van der Waals surface area contributed by atoms with Gasteiger partial charge < -0.3 is 0 Å². The molecule has 0 saturated carbocycles. The lowest BCUT2D eigenvalue weighted by Crippen LogP contribution is -2.21. The second kappa shape index (κ2) is 5.77. The molecule has 0 aromatic heterocycles. The first-order valence-electron chi connectivity index (χ1n) is 8.81. The maximum atomic E-state index is 3.84. The minimum atomic E-state index is 0.372. The Hall–Kier alpha value is -1.54.